The molecule has 0 aliphatic heterocycles. The van der Waals surface area contributed by atoms with Crippen LogP contribution < -0.4 is 10.5 Å². The molecule has 1 saturated carbocycles. The summed E-state index contributed by atoms with van der Waals surface area (Å²) in [6.45, 7) is 2.95. The maximum absolute atomic E-state index is 14.3. The Kier molecular flexibility index (Phi) is 8.40. The summed E-state index contributed by atoms with van der Waals surface area (Å²) >= 11 is 8.29. The number of anilines is 1. The molecule has 6 nitrogen and oxygen atoms in total. The number of halogens is 1. The Bertz CT molecular complexity index is 1450. The van der Waals surface area contributed by atoms with E-state index in [0.717, 1.165) is 58.2 Å². The van der Waals surface area contributed by atoms with Crippen molar-refractivity contribution in [3.05, 3.63) is 76.3 Å². The SMILES string of the molecule is CCOc1ccc(-c2ccc(N)nc2)cc1CN(C(=O)c1sc2ccccc2c1Cl)C1CCC(N(C)C)CC1. The first-order valence-electron chi connectivity index (χ1n) is 13.5. The number of nitrogens with two attached hydrogens (primary N) is 1. The van der Waals surface area contributed by atoms with E-state index in [2.05, 4.69) is 30.0 Å². The molecule has 0 unspecified atom stereocenters. The number of amides is 1. The Morgan fingerprint density at radius 2 is 1.77 bits per heavy atom. The van der Waals surface area contributed by atoms with E-state index in [9.17, 15) is 4.79 Å². The van der Waals surface area contributed by atoms with Gasteiger partial charge in [-0.25, -0.2) is 4.98 Å². The quantitative estimate of drug-likeness (QED) is 0.248. The van der Waals surface area contributed by atoms with Gasteiger partial charge in [-0.1, -0.05) is 35.9 Å². The number of rotatable bonds is 8. The van der Waals surface area contributed by atoms with Crippen LogP contribution in [0.1, 0.15) is 47.8 Å². The summed E-state index contributed by atoms with van der Waals surface area (Å²) in [4.78, 5) is 23.5. The lowest BCUT2D eigenvalue weighted by atomic mass is 9.89. The molecule has 0 saturated heterocycles. The zero-order valence-electron chi connectivity index (χ0n) is 22.7. The highest BCUT2D eigenvalue weighted by Crippen LogP contribution is 2.38. The standard InChI is InChI=1S/C31H35ClN4O2S/c1-4-38-26-15-9-20(21-10-16-28(33)34-18-21)17-22(26)19-36(24-13-11-23(12-14-24)35(2)3)31(37)30-29(32)25-7-5-6-8-27(25)39-30/h5-10,15-18,23-24H,4,11-14,19H2,1-3H3,(H2,33,34). The second-order valence-corrected chi connectivity index (χ2v) is 11.8. The van der Waals surface area contributed by atoms with Crippen molar-refractivity contribution in [1.29, 1.82) is 0 Å². The number of nitrogen functional groups attached to an aromatic ring is 1. The van der Waals surface area contributed by atoms with Crippen molar-refractivity contribution in [2.24, 2.45) is 0 Å². The third kappa shape index (κ3) is 5.91. The van der Waals surface area contributed by atoms with Gasteiger partial charge in [0.2, 0.25) is 0 Å². The van der Waals surface area contributed by atoms with Crippen LogP contribution in [-0.2, 0) is 6.54 Å². The van der Waals surface area contributed by atoms with Gasteiger partial charge in [0.15, 0.2) is 0 Å². The van der Waals surface area contributed by atoms with E-state index >= 15 is 0 Å². The predicted molar refractivity (Wildman–Crippen MR) is 162 cm³/mol. The molecule has 1 fully saturated rings. The van der Waals surface area contributed by atoms with E-state index in [4.69, 9.17) is 22.1 Å². The summed E-state index contributed by atoms with van der Waals surface area (Å²) in [6.07, 6.45) is 5.77. The summed E-state index contributed by atoms with van der Waals surface area (Å²) in [5.41, 5.74) is 8.75. The zero-order chi connectivity index (χ0) is 27.5. The Morgan fingerprint density at radius 3 is 2.44 bits per heavy atom. The molecule has 0 spiro atoms. The first kappa shape index (κ1) is 27.4. The van der Waals surface area contributed by atoms with Crippen LogP contribution in [0.2, 0.25) is 5.02 Å². The van der Waals surface area contributed by atoms with Gasteiger partial charge in [0.05, 0.1) is 11.6 Å². The van der Waals surface area contributed by atoms with Crippen molar-refractivity contribution in [2.45, 2.75) is 51.2 Å². The molecule has 5 rings (SSSR count). The lowest BCUT2D eigenvalue weighted by Gasteiger charge is -2.39. The number of fused-ring (bicyclic) bond motifs is 1. The first-order chi connectivity index (χ1) is 18.9. The lowest BCUT2D eigenvalue weighted by molar-refractivity contribution is 0.0572. The van der Waals surface area contributed by atoms with E-state index in [1.807, 2.05) is 54.3 Å². The number of thiophene rings is 1. The van der Waals surface area contributed by atoms with Gasteiger partial charge in [0.1, 0.15) is 16.4 Å². The van der Waals surface area contributed by atoms with Crippen LogP contribution in [0, 0.1) is 0 Å². The summed E-state index contributed by atoms with van der Waals surface area (Å²) in [5, 5.41) is 1.47. The molecule has 4 aromatic rings. The molecular weight excluding hydrogens is 528 g/mol. The van der Waals surface area contributed by atoms with E-state index in [1.165, 1.54) is 11.3 Å². The number of carbonyl (C=O) groups excluding carboxylic acids is 1. The molecule has 0 bridgehead atoms. The van der Waals surface area contributed by atoms with Gasteiger partial charge in [-0.05, 0) is 82.6 Å². The van der Waals surface area contributed by atoms with Gasteiger partial charge in [-0.3, -0.25) is 4.79 Å². The summed E-state index contributed by atoms with van der Waals surface area (Å²) in [6, 6.07) is 18.5. The molecule has 0 atom stereocenters. The lowest BCUT2D eigenvalue weighted by Crippen LogP contribution is -2.44. The van der Waals surface area contributed by atoms with Crippen molar-refractivity contribution >= 4 is 44.7 Å². The monoisotopic (exact) mass is 562 g/mol. The maximum Gasteiger partial charge on any atom is 0.266 e. The molecule has 39 heavy (non-hydrogen) atoms. The van der Waals surface area contributed by atoms with Crippen molar-refractivity contribution in [3.63, 3.8) is 0 Å². The van der Waals surface area contributed by atoms with Gasteiger partial charge in [0.25, 0.3) is 5.91 Å². The molecule has 2 N–H and O–H groups in total. The number of ether oxygens (including phenoxy) is 1. The Hall–Kier alpha value is -3.13. The average molecular weight is 563 g/mol. The molecule has 204 valence electrons. The minimum atomic E-state index is -0.0171. The normalized spacial score (nSPS) is 17.5. The number of nitrogens with zero attached hydrogens (tertiary/aromatic N) is 3. The number of carbonyl (C=O) groups is 1. The number of hydrogen-bond donors (Lipinski definition) is 1. The van der Waals surface area contributed by atoms with Crippen LogP contribution >= 0.6 is 22.9 Å². The van der Waals surface area contributed by atoms with Crippen molar-refractivity contribution in [3.8, 4) is 16.9 Å². The number of benzene rings is 2. The van der Waals surface area contributed by atoms with Gasteiger partial charge in [-0.15, -0.1) is 11.3 Å². The highest BCUT2D eigenvalue weighted by Gasteiger charge is 2.33. The Labute approximate surface area is 239 Å². The van der Waals surface area contributed by atoms with Crippen LogP contribution in [-0.4, -0.2) is 53.5 Å². The molecule has 2 aromatic heterocycles. The third-order valence-electron chi connectivity index (χ3n) is 7.65. The highest BCUT2D eigenvalue weighted by molar-refractivity contribution is 7.21. The number of aromatic nitrogens is 1. The van der Waals surface area contributed by atoms with Gasteiger partial charge >= 0.3 is 0 Å². The van der Waals surface area contributed by atoms with Crippen LogP contribution in [0.15, 0.2) is 60.8 Å². The first-order valence-corrected chi connectivity index (χ1v) is 14.7. The number of hydrogen-bond acceptors (Lipinski definition) is 6. The molecule has 1 amide bonds. The number of pyridine rings is 1. The Balaban J connectivity index is 1.53. The topological polar surface area (TPSA) is 71.7 Å². The molecule has 8 heteroatoms. The molecule has 0 radical (unpaired) electrons. The van der Waals surface area contributed by atoms with Crippen molar-refractivity contribution < 1.29 is 9.53 Å². The molecule has 1 aliphatic rings. The minimum absolute atomic E-state index is 0.0171. The summed E-state index contributed by atoms with van der Waals surface area (Å²) in [5.74, 6) is 1.25. The highest BCUT2D eigenvalue weighted by atomic mass is 35.5. The summed E-state index contributed by atoms with van der Waals surface area (Å²) in [7, 11) is 4.27. The fourth-order valence-corrected chi connectivity index (χ4v) is 6.94. The fraction of sp³-hybridized carbons (Fsp3) is 0.355. The largest absolute Gasteiger partial charge is 0.494 e. The van der Waals surface area contributed by atoms with Crippen molar-refractivity contribution in [2.75, 3.05) is 26.4 Å². The van der Waals surface area contributed by atoms with Gasteiger partial charge in [0, 0.05) is 46.0 Å². The Morgan fingerprint density at radius 1 is 1.05 bits per heavy atom. The second-order valence-electron chi connectivity index (χ2n) is 10.3. The van der Waals surface area contributed by atoms with Crippen LogP contribution in [0.4, 0.5) is 5.82 Å². The van der Waals surface area contributed by atoms with E-state index in [0.29, 0.717) is 34.9 Å². The van der Waals surface area contributed by atoms with Crippen molar-refractivity contribution in [1.82, 2.24) is 14.8 Å². The van der Waals surface area contributed by atoms with E-state index in [-0.39, 0.29) is 11.9 Å². The summed E-state index contributed by atoms with van der Waals surface area (Å²) < 4.78 is 7.06. The molecule has 2 aromatic carbocycles. The third-order valence-corrected chi connectivity index (χ3v) is 9.31. The zero-order valence-corrected chi connectivity index (χ0v) is 24.3. The van der Waals surface area contributed by atoms with E-state index in [1.54, 1.807) is 12.3 Å². The van der Waals surface area contributed by atoms with Gasteiger partial charge in [-0.2, -0.15) is 0 Å². The smallest absolute Gasteiger partial charge is 0.266 e. The molecular formula is C31H35ClN4O2S. The second kappa shape index (κ2) is 11.9. The fourth-order valence-electron chi connectivity index (χ4n) is 5.47. The molecule has 1 aliphatic carbocycles. The van der Waals surface area contributed by atoms with Crippen LogP contribution in [0.25, 0.3) is 21.2 Å². The molecule has 2 heterocycles. The van der Waals surface area contributed by atoms with Crippen LogP contribution in [0.5, 0.6) is 5.75 Å². The predicted octanol–water partition coefficient (Wildman–Crippen LogP) is 7.11. The van der Waals surface area contributed by atoms with Crippen LogP contribution in [0.3, 0.4) is 0 Å². The maximum atomic E-state index is 14.3. The average Bonchev–Trinajstić information content (AvgIpc) is 3.29. The van der Waals surface area contributed by atoms with Gasteiger partial charge < -0.3 is 20.3 Å². The van der Waals surface area contributed by atoms with E-state index < -0.39 is 0 Å². The minimum Gasteiger partial charge on any atom is -0.494 e.